The Hall–Kier alpha value is -3.72. The van der Waals surface area contributed by atoms with Gasteiger partial charge in [-0.3, -0.25) is 9.78 Å². The molecule has 0 aliphatic heterocycles. The van der Waals surface area contributed by atoms with Gasteiger partial charge in [-0.25, -0.2) is 0 Å². The van der Waals surface area contributed by atoms with Crippen molar-refractivity contribution >= 4 is 11.6 Å². The first-order valence-corrected chi connectivity index (χ1v) is 10.3. The Morgan fingerprint density at radius 3 is 2.37 bits per heavy atom. The molecule has 1 N–H and O–H groups in total. The number of anilines is 1. The minimum absolute atomic E-state index is 0.134. The number of carbonyl (C=O) groups excluding carboxylic acids is 1. The Labute approximate surface area is 176 Å². The molecule has 146 valence electrons. The van der Waals surface area contributed by atoms with Crippen LogP contribution in [0.25, 0.3) is 22.4 Å². The number of carbonyl (C=O) groups is 1. The highest BCUT2D eigenvalue weighted by atomic mass is 16.1. The number of hydrogen-bond donors (Lipinski definition) is 1. The summed E-state index contributed by atoms with van der Waals surface area (Å²) in [5.74, 6) is -0.134. The molecule has 5 rings (SSSR count). The number of benzene rings is 3. The Morgan fingerprint density at radius 1 is 0.733 bits per heavy atom. The van der Waals surface area contributed by atoms with E-state index in [2.05, 4.69) is 46.7 Å². The Morgan fingerprint density at radius 2 is 1.53 bits per heavy atom. The zero-order chi connectivity index (χ0) is 20.3. The van der Waals surface area contributed by atoms with E-state index < -0.39 is 0 Å². The molecule has 1 aliphatic rings. The van der Waals surface area contributed by atoms with Crippen LogP contribution in [0.1, 0.15) is 27.9 Å². The van der Waals surface area contributed by atoms with Gasteiger partial charge in [0.25, 0.3) is 5.91 Å². The predicted octanol–water partition coefficient (Wildman–Crippen LogP) is 6.16. The molecule has 0 saturated carbocycles. The smallest absolute Gasteiger partial charge is 0.257 e. The maximum atomic E-state index is 12.7. The van der Waals surface area contributed by atoms with Gasteiger partial charge in [0.05, 0.1) is 11.3 Å². The molecule has 4 aromatic rings. The van der Waals surface area contributed by atoms with Crippen molar-refractivity contribution in [1.29, 1.82) is 0 Å². The lowest BCUT2D eigenvalue weighted by Crippen LogP contribution is -2.12. The van der Waals surface area contributed by atoms with Crippen molar-refractivity contribution in [3.05, 3.63) is 108 Å². The van der Waals surface area contributed by atoms with E-state index in [1.165, 1.54) is 23.1 Å². The van der Waals surface area contributed by atoms with E-state index in [4.69, 9.17) is 0 Å². The van der Waals surface area contributed by atoms with Crippen molar-refractivity contribution in [2.75, 3.05) is 5.32 Å². The third-order valence-corrected chi connectivity index (χ3v) is 5.65. The first kappa shape index (κ1) is 18.3. The average molecular weight is 390 g/mol. The van der Waals surface area contributed by atoms with Crippen LogP contribution < -0.4 is 5.32 Å². The van der Waals surface area contributed by atoms with Crippen molar-refractivity contribution < 1.29 is 4.79 Å². The number of nitrogens with zero attached hydrogens (tertiary/aromatic N) is 1. The van der Waals surface area contributed by atoms with Crippen LogP contribution in [0, 0.1) is 0 Å². The fourth-order valence-electron chi connectivity index (χ4n) is 4.04. The lowest BCUT2D eigenvalue weighted by atomic mass is 10.0. The van der Waals surface area contributed by atoms with Gasteiger partial charge in [-0.2, -0.15) is 0 Å². The molecule has 0 radical (unpaired) electrons. The highest BCUT2D eigenvalue weighted by molar-refractivity contribution is 6.04. The minimum atomic E-state index is -0.134. The molecule has 3 aromatic carbocycles. The molecule has 0 spiro atoms. The van der Waals surface area contributed by atoms with Crippen molar-refractivity contribution in [2.24, 2.45) is 0 Å². The normalized spacial score (nSPS) is 12.4. The average Bonchev–Trinajstić information content (AvgIpc) is 3.28. The summed E-state index contributed by atoms with van der Waals surface area (Å²) in [6.45, 7) is 0. The van der Waals surface area contributed by atoms with Gasteiger partial charge in [0.15, 0.2) is 0 Å². The Balaban J connectivity index is 1.34. The number of pyridine rings is 1. The van der Waals surface area contributed by atoms with E-state index in [1.807, 2.05) is 48.5 Å². The molecular formula is C27H22N2O. The first-order valence-electron chi connectivity index (χ1n) is 10.3. The summed E-state index contributed by atoms with van der Waals surface area (Å²) in [6, 6.07) is 28.5. The van der Waals surface area contributed by atoms with Gasteiger partial charge in [0.2, 0.25) is 0 Å². The van der Waals surface area contributed by atoms with E-state index in [0.717, 1.165) is 35.3 Å². The molecular weight excluding hydrogens is 368 g/mol. The van der Waals surface area contributed by atoms with Gasteiger partial charge < -0.3 is 5.32 Å². The molecule has 3 heteroatoms. The van der Waals surface area contributed by atoms with Crippen LogP contribution in [-0.4, -0.2) is 10.9 Å². The molecule has 1 heterocycles. The third kappa shape index (κ3) is 3.74. The predicted molar refractivity (Wildman–Crippen MR) is 122 cm³/mol. The van der Waals surface area contributed by atoms with Gasteiger partial charge >= 0.3 is 0 Å². The van der Waals surface area contributed by atoms with Gasteiger partial charge in [0, 0.05) is 17.4 Å². The van der Waals surface area contributed by atoms with Crippen LogP contribution in [0.15, 0.2) is 91.1 Å². The summed E-state index contributed by atoms with van der Waals surface area (Å²) < 4.78 is 0. The second-order valence-corrected chi connectivity index (χ2v) is 7.67. The summed E-state index contributed by atoms with van der Waals surface area (Å²) in [5.41, 5.74) is 8.34. The van der Waals surface area contributed by atoms with Gasteiger partial charge in [-0.15, -0.1) is 0 Å². The minimum Gasteiger partial charge on any atom is -0.322 e. The molecule has 0 bridgehead atoms. The van der Waals surface area contributed by atoms with E-state index in [0.29, 0.717) is 5.56 Å². The van der Waals surface area contributed by atoms with E-state index in [-0.39, 0.29) is 5.91 Å². The molecule has 30 heavy (non-hydrogen) atoms. The first-order chi connectivity index (χ1) is 14.8. The summed E-state index contributed by atoms with van der Waals surface area (Å²) >= 11 is 0. The summed E-state index contributed by atoms with van der Waals surface area (Å²) in [4.78, 5) is 17.2. The zero-order valence-corrected chi connectivity index (χ0v) is 16.6. The van der Waals surface area contributed by atoms with E-state index >= 15 is 0 Å². The van der Waals surface area contributed by atoms with Crippen molar-refractivity contribution in [1.82, 2.24) is 4.98 Å². The second-order valence-electron chi connectivity index (χ2n) is 7.67. The Bertz CT molecular complexity index is 1200. The fourth-order valence-corrected chi connectivity index (χ4v) is 4.04. The SMILES string of the molecule is O=C(Nc1ccc2c(c1)CCC2)c1ccc(-c2cccc(-c3ccccc3)c2)nc1. The number of hydrogen-bond acceptors (Lipinski definition) is 2. The van der Waals surface area contributed by atoms with Gasteiger partial charge in [0.1, 0.15) is 0 Å². The maximum absolute atomic E-state index is 12.7. The lowest BCUT2D eigenvalue weighted by molar-refractivity contribution is 0.102. The lowest BCUT2D eigenvalue weighted by Gasteiger charge is -2.09. The maximum Gasteiger partial charge on any atom is 0.257 e. The second kappa shape index (κ2) is 7.96. The topological polar surface area (TPSA) is 42.0 Å². The molecule has 0 atom stereocenters. The van der Waals surface area contributed by atoms with Crippen LogP contribution in [0.4, 0.5) is 5.69 Å². The summed E-state index contributed by atoms with van der Waals surface area (Å²) in [7, 11) is 0. The number of fused-ring (bicyclic) bond motifs is 1. The van der Waals surface area contributed by atoms with Crippen molar-refractivity contribution in [3.8, 4) is 22.4 Å². The van der Waals surface area contributed by atoms with Crippen LogP contribution in [-0.2, 0) is 12.8 Å². The number of aromatic nitrogens is 1. The fraction of sp³-hybridized carbons (Fsp3) is 0.111. The molecule has 3 nitrogen and oxygen atoms in total. The number of aryl methyl sites for hydroxylation is 2. The molecule has 0 saturated heterocycles. The van der Waals surface area contributed by atoms with Crippen LogP contribution in [0.5, 0.6) is 0 Å². The van der Waals surface area contributed by atoms with Crippen LogP contribution in [0.2, 0.25) is 0 Å². The van der Waals surface area contributed by atoms with Gasteiger partial charge in [-0.05, 0) is 71.8 Å². The van der Waals surface area contributed by atoms with Gasteiger partial charge in [-0.1, -0.05) is 54.6 Å². The van der Waals surface area contributed by atoms with Crippen molar-refractivity contribution in [3.63, 3.8) is 0 Å². The molecule has 0 unspecified atom stereocenters. The molecule has 1 amide bonds. The highest BCUT2D eigenvalue weighted by Gasteiger charge is 2.13. The highest BCUT2D eigenvalue weighted by Crippen LogP contribution is 2.26. The molecule has 1 aromatic heterocycles. The quantitative estimate of drug-likeness (QED) is 0.454. The molecule has 0 fully saturated rings. The monoisotopic (exact) mass is 390 g/mol. The number of nitrogens with one attached hydrogen (secondary N) is 1. The third-order valence-electron chi connectivity index (χ3n) is 5.65. The number of amides is 1. The standard InChI is InChI=1S/C27H22N2O/c30-27(29-25-14-12-20-8-4-10-22(20)17-25)24-13-15-26(28-18-24)23-11-5-9-21(16-23)19-6-2-1-3-7-19/h1-3,5-7,9,11-18H,4,8,10H2,(H,29,30). The van der Waals surface area contributed by atoms with E-state index in [1.54, 1.807) is 6.20 Å². The zero-order valence-electron chi connectivity index (χ0n) is 16.6. The summed E-state index contributed by atoms with van der Waals surface area (Å²) in [5, 5.41) is 3.00. The van der Waals surface area contributed by atoms with Crippen LogP contribution in [0.3, 0.4) is 0 Å². The van der Waals surface area contributed by atoms with Crippen molar-refractivity contribution in [2.45, 2.75) is 19.3 Å². The van der Waals surface area contributed by atoms with E-state index in [9.17, 15) is 4.79 Å². The molecule has 1 aliphatic carbocycles. The Kier molecular flexibility index (Phi) is 4.86. The summed E-state index contributed by atoms with van der Waals surface area (Å²) in [6.07, 6.45) is 5.08. The largest absolute Gasteiger partial charge is 0.322 e. The van der Waals surface area contributed by atoms with Crippen LogP contribution >= 0.6 is 0 Å². The number of rotatable bonds is 4.